The number of hydrogen-bond donors (Lipinski definition) is 2. The summed E-state index contributed by atoms with van der Waals surface area (Å²) in [5, 5.41) is 5.76. The summed E-state index contributed by atoms with van der Waals surface area (Å²) in [7, 11) is 0. The van der Waals surface area contributed by atoms with Crippen LogP contribution in [0.4, 0.5) is 17.2 Å². The van der Waals surface area contributed by atoms with Crippen molar-refractivity contribution in [2.75, 3.05) is 37.1 Å². The standard InChI is InChI=1S/C24H23N3O6/c1-2-30-18-8-5-16(6-9-18)27-23-19(4-3-11-25-23)24(29)33-15-22(28)26-17-7-10-20-21(14-17)32-13-12-31-20/h3-11,14H,2,12-13,15H2,1H3,(H,25,27)(H,26,28). The monoisotopic (exact) mass is 449 g/mol. The van der Waals surface area contributed by atoms with Crippen molar-refractivity contribution in [2.45, 2.75) is 6.92 Å². The number of amides is 1. The molecule has 0 aliphatic carbocycles. The summed E-state index contributed by atoms with van der Waals surface area (Å²) in [6.07, 6.45) is 1.56. The fourth-order valence-corrected chi connectivity index (χ4v) is 3.13. The van der Waals surface area contributed by atoms with Gasteiger partial charge < -0.3 is 29.6 Å². The van der Waals surface area contributed by atoms with Gasteiger partial charge in [0, 0.05) is 23.6 Å². The van der Waals surface area contributed by atoms with Gasteiger partial charge in [0.2, 0.25) is 0 Å². The number of esters is 1. The molecule has 0 fully saturated rings. The Hall–Kier alpha value is -4.27. The third-order valence-corrected chi connectivity index (χ3v) is 4.62. The summed E-state index contributed by atoms with van der Waals surface area (Å²) in [4.78, 5) is 29.1. The summed E-state index contributed by atoms with van der Waals surface area (Å²) in [5.74, 6) is 1.08. The van der Waals surface area contributed by atoms with Gasteiger partial charge >= 0.3 is 5.97 Å². The van der Waals surface area contributed by atoms with Crippen molar-refractivity contribution in [2.24, 2.45) is 0 Å². The second-order valence-electron chi connectivity index (χ2n) is 6.96. The number of pyridine rings is 1. The average molecular weight is 449 g/mol. The van der Waals surface area contributed by atoms with Gasteiger partial charge in [-0.25, -0.2) is 9.78 Å². The van der Waals surface area contributed by atoms with Crippen LogP contribution in [0.3, 0.4) is 0 Å². The average Bonchev–Trinajstić information content (AvgIpc) is 2.84. The zero-order chi connectivity index (χ0) is 23.0. The second kappa shape index (κ2) is 10.4. The van der Waals surface area contributed by atoms with E-state index >= 15 is 0 Å². The van der Waals surface area contributed by atoms with Gasteiger partial charge in [-0.15, -0.1) is 0 Å². The van der Waals surface area contributed by atoms with Gasteiger partial charge in [0.05, 0.1) is 6.61 Å². The van der Waals surface area contributed by atoms with Gasteiger partial charge in [0.15, 0.2) is 18.1 Å². The van der Waals surface area contributed by atoms with Crippen molar-refractivity contribution in [3.8, 4) is 17.2 Å². The van der Waals surface area contributed by atoms with Gasteiger partial charge in [-0.3, -0.25) is 4.79 Å². The first kappa shape index (κ1) is 21.9. The first-order valence-electron chi connectivity index (χ1n) is 10.4. The number of anilines is 3. The van der Waals surface area contributed by atoms with Crippen LogP contribution in [-0.2, 0) is 9.53 Å². The lowest BCUT2D eigenvalue weighted by Crippen LogP contribution is -2.22. The van der Waals surface area contributed by atoms with Crippen LogP contribution in [0.25, 0.3) is 0 Å². The van der Waals surface area contributed by atoms with Crippen molar-refractivity contribution >= 4 is 29.1 Å². The molecule has 1 aliphatic heterocycles. The Kier molecular flexibility index (Phi) is 6.89. The maximum atomic E-state index is 12.6. The zero-order valence-electron chi connectivity index (χ0n) is 18.0. The molecule has 0 bridgehead atoms. The van der Waals surface area contributed by atoms with Crippen LogP contribution in [0.15, 0.2) is 60.8 Å². The maximum absolute atomic E-state index is 12.6. The molecule has 4 rings (SSSR count). The number of aromatic nitrogens is 1. The lowest BCUT2D eigenvalue weighted by Gasteiger charge is -2.19. The van der Waals surface area contributed by atoms with E-state index in [1.54, 1.807) is 36.5 Å². The largest absolute Gasteiger partial charge is 0.494 e. The van der Waals surface area contributed by atoms with E-state index in [4.69, 9.17) is 18.9 Å². The SMILES string of the molecule is CCOc1ccc(Nc2ncccc2C(=O)OCC(=O)Nc2ccc3c(c2)OCCO3)cc1. The van der Waals surface area contributed by atoms with Crippen molar-refractivity contribution in [1.29, 1.82) is 0 Å². The van der Waals surface area contributed by atoms with Crippen molar-refractivity contribution in [3.63, 3.8) is 0 Å². The quantitative estimate of drug-likeness (QED) is 0.500. The summed E-state index contributed by atoms with van der Waals surface area (Å²) in [5.41, 5.74) is 1.45. The third-order valence-electron chi connectivity index (χ3n) is 4.62. The predicted octanol–water partition coefficient (Wildman–Crippen LogP) is 3.79. The molecular formula is C24H23N3O6. The molecule has 0 spiro atoms. The molecule has 9 heteroatoms. The molecule has 0 saturated carbocycles. The Morgan fingerprint density at radius 3 is 2.55 bits per heavy atom. The molecule has 170 valence electrons. The molecule has 3 aromatic rings. The van der Waals surface area contributed by atoms with Crippen LogP contribution in [0.1, 0.15) is 17.3 Å². The van der Waals surface area contributed by atoms with Crippen LogP contribution >= 0.6 is 0 Å². The Morgan fingerprint density at radius 1 is 1.00 bits per heavy atom. The van der Waals surface area contributed by atoms with Crippen LogP contribution in [0, 0.1) is 0 Å². The number of nitrogens with zero attached hydrogens (tertiary/aromatic N) is 1. The van der Waals surface area contributed by atoms with E-state index in [1.165, 1.54) is 0 Å². The van der Waals surface area contributed by atoms with Crippen LogP contribution in [-0.4, -0.2) is 43.3 Å². The number of hydrogen-bond acceptors (Lipinski definition) is 8. The van der Waals surface area contributed by atoms with Gasteiger partial charge in [-0.1, -0.05) is 0 Å². The minimum atomic E-state index is -0.672. The molecule has 1 aliphatic rings. The number of carbonyl (C=O) groups excluding carboxylic acids is 2. The molecule has 9 nitrogen and oxygen atoms in total. The van der Waals surface area contributed by atoms with Crippen LogP contribution in [0.5, 0.6) is 17.2 Å². The van der Waals surface area contributed by atoms with E-state index in [2.05, 4.69) is 15.6 Å². The second-order valence-corrected chi connectivity index (χ2v) is 6.96. The lowest BCUT2D eigenvalue weighted by atomic mass is 10.2. The third kappa shape index (κ3) is 5.70. The summed E-state index contributed by atoms with van der Waals surface area (Å²) < 4.78 is 21.6. The van der Waals surface area contributed by atoms with Crippen molar-refractivity contribution in [1.82, 2.24) is 4.98 Å². The van der Waals surface area contributed by atoms with Crippen LogP contribution < -0.4 is 24.8 Å². The van der Waals surface area contributed by atoms with E-state index in [0.29, 0.717) is 42.8 Å². The molecule has 0 radical (unpaired) electrons. The van der Waals surface area contributed by atoms with Gasteiger partial charge in [-0.2, -0.15) is 0 Å². The highest BCUT2D eigenvalue weighted by molar-refractivity contribution is 5.98. The van der Waals surface area contributed by atoms with E-state index in [1.807, 2.05) is 31.2 Å². The minimum Gasteiger partial charge on any atom is -0.494 e. The number of rotatable bonds is 8. The fourth-order valence-electron chi connectivity index (χ4n) is 3.13. The normalized spacial score (nSPS) is 11.9. The van der Waals surface area contributed by atoms with E-state index < -0.39 is 18.5 Å². The lowest BCUT2D eigenvalue weighted by molar-refractivity contribution is -0.119. The van der Waals surface area contributed by atoms with Crippen molar-refractivity contribution in [3.05, 3.63) is 66.4 Å². The summed E-state index contributed by atoms with van der Waals surface area (Å²) in [6, 6.07) is 15.5. The van der Waals surface area contributed by atoms with E-state index in [9.17, 15) is 9.59 Å². The number of fused-ring (bicyclic) bond motifs is 1. The first-order valence-corrected chi connectivity index (χ1v) is 10.4. The van der Waals surface area contributed by atoms with E-state index in [0.717, 1.165) is 11.4 Å². The van der Waals surface area contributed by atoms with Crippen LogP contribution in [0.2, 0.25) is 0 Å². The maximum Gasteiger partial charge on any atom is 0.342 e. The molecule has 2 heterocycles. The number of ether oxygens (including phenoxy) is 4. The van der Waals surface area contributed by atoms with Crippen molar-refractivity contribution < 1.29 is 28.5 Å². The summed E-state index contributed by atoms with van der Waals surface area (Å²) in [6.45, 7) is 2.96. The molecule has 1 amide bonds. The number of benzene rings is 2. The Bertz CT molecular complexity index is 1130. The number of nitrogens with one attached hydrogen (secondary N) is 2. The smallest absolute Gasteiger partial charge is 0.342 e. The Morgan fingerprint density at radius 2 is 1.76 bits per heavy atom. The Balaban J connectivity index is 1.35. The molecule has 33 heavy (non-hydrogen) atoms. The molecular weight excluding hydrogens is 426 g/mol. The Labute approximate surface area is 190 Å². The topological polar surface area (TPSA) is 108 Å². The van der Waals surface area contributed by atoms with Gasteiger partial charge in [0.25, 0.3) is 5.91 Å². The predicted molar refractivity (Wildman–Crippen MR) is 121 cm³/mol. The van der Waals surface area contributed by atoms with Gasteiger partial charge in [0.1, 0.15) is 30.3 Å². The number of carbonyl (C=O) groups is 2. The molecule has 1 aromatic heterocycles. The zero-order valence-corrected chi connectivity index (χ0v) is 18.0. The molecule has 0 atom stereocenters. The fraction of sp³-hybridized carbons (Fsp3) is 0.208. The highest BCUT2D eigenvalue weighted by Gasteiger charge is 2.17. The minimum absolute atomic E-state index is 0.207. The first-order chi connectivity index (χ1) is 16.1. The van der Waals surface area contributed by atoms with Gasteiger partial charge in [-0.05, 0) is 55.5 Å². The summed E-state index contributed by atoms with van der Waals surface area (Å²) >= 11 is 0. The molecule has 0 saturated heterocycles. The highest BCUT2D eigenvalue weighted by Crippen LogP contribution is 2.32. The molecule has 0 unspecified atom stereocenters. The molecule has 2 N–H and O–H groups in total. The molecule has 2 aromatic carbocycles. The van der Waals surface area contributed by atoms with E-state index in [-0.39, 0.29) is 5.56 Å². The highest BCUT2D eigenvalue weighted by atomic mass is 16.6.